The number of benzene rings is 1. The van der Waals surface area contributed by atoms with Gasteiger partial charge in [-0.25, -0.2) is 0 Å². The first-order chi connectivity index (χ1) is 13.6. The van der Waals surface area contributed by atoms with Crippen LogP contribution in [-0.2, 0) is 0 Å². The lowest BCUT2D eigenvalue weighted by Gasteiger charge is -2.39. The van der Waals surface area contributed by atoms with E-state index < -0.39 is 0 Å². The van der Waals surface area contributed by atoms with Gasteiger partial charge in [0.15, 0.2) is 0 Å². The summed E-state index contributed by atoms with van der Waals surface area (Å²) in [7, 11) is 0. The van der Waals surface area contributed by atoms with E-state index in [0.29, 0.717) is 17.9 Å². The van der Waals surface area contributed by atoms with Gasteiger partial charge in [-0.2, -0.15) is 5.26 Å². The Kier molecular flexibility index (Phi) is 7.35. The number of nitrogens with zero attached hydrogens (tertiary/aromatic N) is 4. The summed E-state index contributed by atoms with van der Waals surface area (Å²) in [5.41, 5.74) is 4.99. The molecule has 2 aliphatic heterocycles. The topological polar surface area (TPSA) is 33.5 Å². The molecule has 5 heteroatoms. The highest BCUT2D eigenvalue weighted by atomic mass is 35.5. The summed E-state index contributed by atoms with van der Waals surface area (Å²) in [5, 5.41) is 8.98. The normalized spacial score (nSPS) is 22.9. The van der Waals surface area contributed by atoms with Crippen LogP contribution in [0.3, 0.4) is 0 Å². The van der Waals surface area contributed by atoms with Crippen molar-refractivity contribution in [1.29, 1.82) is 5.26 Å². The molecule has 3 aliphatic rings. The molecule has 160 valence electrons. The quantitative estimate of drug-likeness (QED) is 0.644. The number of hydrogen-bond donors (Lipinski definition) is 0. The van der Waals surface area contributed by atoms with Crippen LogP contribution < -0.4 is 9.80 Å². The molecule has 0 aromatic heterocycles. The van der Waals surface area contributed by atoms with Crippen molar-refractivity contribution in [1.82, 2.24) is 4.90 Å². The Hall–Kier alpha value is -1.44. The van der Waals surface area contributed by atoms with Crippen LogP contribution in [0, 0.1) is 16.7 Å². The van der Waals surface area contributed by atoms with Crippen LogP contribution >= 0.6 is 12.4 Å². The second-order valence-corrected chi connectivity index (χ2v) is 9.80. The molecule has 0 bridgehead atoms. The lowest BCUT2D eigenvalue weighted by Crippen LogP contribution is -2.46. The molecule has 0 unspecified atom stereocenters. The summed E-state index contributed by atoms with van der Waals surface area (Å²) in [6, 6.07) is 9.60. The molecule has 0 atom stereocenters. The molecule has 4 rings (SSSR count). The molecule has 1 aromatic carbocycles. The van der Waals surface area contributed by atoms with E-state index in [4.69, 9.17) is 5.26 Å². The molecule has 2 saturated heterocycles. The van der Waals surface area contributed by atoms with Crippen LogP contribution in [0.5, 0.6) is 0 Å². The highest BCUT2D eigenvalue weighted by molar-refractivity contribution is 5.85. The fourth-order valence-corrected chi connectivity index (χ4v) is 5.29. The maximum Gasteiger partial charge on any atom is 0.0867 e. The van der Waals surface area contributed by atoms with E-state index in [0.717, 1.165) is 26.2 Å². The molecule has 0 radical (unpaired) electrons. The molecule has 1 aromatic rings. The highest BCUT2D eigenvalue weighted by Gasteiger charge is 2.30. The van der Waals surface area contributed by atoms with E-state index in [1.54, 1.807) is 5.56 Å². The first-order valence-electron chi connectivity index (χ1n) is 11.3. The largest absolute Gasteiger partial charge is 0.372 e. The highest BCUT2D eigenvalue weighted by Crippen LogP contribution is 2.45. The standard InChI is InChI=1S/C24H36N4.ClH/c1-24(2)9-7-20(8-10-24)22-19-21(27-12-3-4-13-27)5-6-23(22)28-17-15-26(14-11-25)16-18-28;/h5-6,19-20H,3-4,7-10,12-18H2,1-2H3;1H. The minimum Gasteiger partial charge on any atom is -0.372 e. The van der Waals surface area contributed by atoms with Crippen molar-refractivity contribution in [3.05, 3.63) is 23.8 Å². The van der Waals surface area contributed by atoms with Gasteiger partial charge in [-0.3, -0.25) is 4.90 Å². The molecular weight excluding hydrogens is 380 g/mol. The maximum absolute atomic E-state index is 8.98. The Bertz CT molecular complexity index is 702. The minimum absolute atomic E-state index is 0. The SMILES string of the molecule is CC1(C)CCC(c2cc(N3CCCC3)ccc2N2CCN(CC#N)CC2)CC1.Cl. The van der Waals surface area contributed by atoms with Crippen molar-refractivity contribution in [2.24, 2.45) is 5.41 Å². The van der Waals surface area contributed by atoms with Crippen molar-refractivity contribution in [2.75, 3.05) is 55.6 Å². The average molecular weight is 417 g/mol. The van der Waals surface area contributed by atoms with Crippen LogP contribution in [0.15, 0.2) is 18.2 Å². The molecule has 1 saturated carbocycles. The summed E-state index contributed by atoms with van der Waals surface area (Å²) >= 11 is 0. The molecule has 3 fully saturated rings. The third kappa shape index (κ3) is 5.19. The van der Waals surface area contributed by atoms with Crippen molar-refractivity contribution in [3.8, 4) is 6.07 Å². The summed E-state index contributed by atoms with van der Waals surface area (Å²) < 4.78 is 0. The molecule has 29 heavy (non-hydrogen) atoms. The summed E-state index contributed by atoms with van der Waals surface area (Å²) in [4.78, 5) is 7.43. The Labute approximate surface area is 183 Å². The lowest BCUT2D eigenvalue weighted by molar-refractivity contribution is 0.224. The van der Waals surface area contributed by atoms with Gasteiger partial charge in [0.1, 0.15) is 0 Å². The molecule has 0 amide bonds. The van der Waals surface area contributed by atoms with Crippen LogP contribution in [0.4, 0.5) is 11.4 Å². The van der Waals surface area contributed by atoms with Crippen molar-refractivity contribution >= 4 is 23.8 Å². The second-order valence-electron chi connectivity index (χ2n) is 9.80. The van der Waals surface area contributed by atoms with Crippen LogP contribution in [0.1, 0.15) is 63.9 Å². The molecule has 0 spiro atoms. The number of halogens is 1. The smallest absolute Gasteiger partial charge is 0.0867 e. The molecule has 4 nitrogen and oxygen atoms in total. The number of nitriles is 1. The summed E-state index contributed by atoms with van der Waals surface area (Å²) in [5.74, 6) is 0.697. The lowest BCUT2D eigenvalue weighted by atomic mass is 9.71. The van der Waals surface area contributed by atoms with Gasteiger partial charge in [-0.15, -0.1) is 12.4 Å². The molecule has 2 heterocycles. The Morgan fingerprint density at radius 1 is 0.966 bits per heavy atom. The van der Waals surface area contributed by atoms with Gasteiger partial charge >= 0.3 is 0 Å². The van der Waals surface area contributed by atoms with E-state index in [1.165, 1.54) is 63.0 Å². The number of rotatable bonds is 4. The predicted octanol–water partition coefficient (Wildman–Crippen LogP) is 5.04. The van der Waals surface area contributed by atoms with Crippen molar-refractivity contribution in [2.45, 2.75) is 58.3 Å². The third-order valence-corrected chi connectivity index (χ3v) is 7.27. The van der Waals surface area contributed by atoms with E-state index in [1.807, 2.05) is 0 Å². The summed E-state index contributed by atoms with van der Waals surface area (Å²) in [6.07, 6.45) is 7.96. The summed E-state index contributed by atoms with van der Waals surface area (Å²) in [6.45, 7) is 11.9. The van der Waals surface area contributed by atoms with E-state index in [-0.39, 0.29) is 12.4 Å². The Morgan fingerprint density at radius 2 is 1.62 bits per heavy atom. The maximum atomic E-state index is 8.98. The zero-order valence-electron chi connectivity index (χ0n) is 18.2. The van der Waals surface area contributed by atoms with Gasteiger partial charge in [0.05, 0.1) is 12.6 Å². The van der Waals surface area contributed by atoms with Gasteiger partial charge in [-0.05, 0) is 73.6 Å². The second kappa shape index (κ2) is 9.58. The van der Waals surface area contributed by atoms with Gasteiger partial charge in [-0.1, -0.05) is 13.8 Å². The minimum atomic E-state index is 0. The van der Waals surface area contributed by atoms with Gasteiger partial charge in [0, 0.05) is 50.6 Å². The van der Waals surface area contributed by atoms with Crippen LogP contribution in [-0.4, -0.2) is 50.7 Å². The van der Waals surface area contributed by atoms with E-state index >= 15 is 0 Å². The molecule has 1 aliphatic carbocycles. The van der Waals surface area contributed by atoms with Crippen molar-refractivity contribution < 1.29 is 0 Å². The Balaban J connectivity index is 0.00000240. The van der Waals surface area contributed by atoms with Crippen LogP contribution in [0.2, 0.25) is 0 Å². The monoisotopic (exact) mass is 416 g/mol. The number of hydrogen-bond acceptors (Lipinski definition) is 4. The predicted molar refractivity (Wildman–Crippen MR) is 124 cm³/mol. The fraction of sp³-hybridized carbons (Fsp3) is 0.708. The van der Waals surface area contributed by atoms with Crippen molar-refractivity contribution in [3.63, 3.8) is 0 Å². The molecule has 0 N–H and O–H groups in total. The number of anilines is 2. The first kappa shape index (κ1) is 22.2. The van der Waals surface area contributed by atoms with E-state index in [9.17, 15) is 0 Å². The van der Waals surface area contributed by atoms with E-state index in [2.05, 4.69) is 52.8 Å². The number of piperazine rings is 1. The first-order valence-corrected chi connectivity index (χ1v) is 11.3. The zero-order valence-corrected chi connectivity index (χ0v) is 19.0. The fourth-order valence-electron chi connectivity index (χ4n) is 5.29. The van der Waals surface area contributed by atoms with Gasteiger partial charge < -0.3 is 9.80 Å². The van der Waals surface area contributed by atoms with Gasteiger partial charge in [0.25, 0.3) is 0 Å². The van der Waals surface area contributed by atoms with Crippen LogP contribution in [0.25, 0.3) is 0 Å². The Morgan fingerprint density at radius 3 is 2.24 bits per heavy atom. The van der Waals surface area contributed by atoms with Gasteiger partial charge in [0.2, 0.25) is 0 Å². The zero-order chi connectivity index (χ0) is 19.6. The molecular formula is C24H37ClN4. The average Bonchev–Trinajstić information content (AvgIpc) is 3.23. The third-order valence-electron chi connectivity index (χ3n) is 7.27.